The summed E-state index contributed by atoms with van der Waals surface area (Å²) in [5.74, 6) is 0.593. The zero-order valence-corrected chi connectivity index (χ0v) is 35.4. The lowest BCUT2D eigenvalue weighted by Gasteiger charge is -2.29. The second-order valence-electron chi connectivity index (χ2n) is 15.8. The number of hydrogen-bond acceptors (Lipinski definition) is 12. The lowest BCUT2D eigenvalue weighted by Crippen LogP contribution is -2.31. The van der Waals surface area contributed by atoms with Gasteiger partial charge in [-0.1, -0.05) is 36.4 Å². The molecule has 322 valence electrons. The fourth-order valence-corrected chi connectivity index (χ4v) is 8.95. The Morgan fingerprint density at radius 1 is 0.968 bits per heavy atom. The Labute approximate surface area is 360 Å². The number of H-pyrrole nitrogens is 1. The normalized spacial score (nSPS) is 15.8. The Morgan fingerprint density at radius 2 is 1.76 bits per heavy atom. The molecule has 4 aromatic carbocycles. The Morgan fingerprint density at radius 3 is 2.55 bits per heavy atom. The molecule has 62 heavy (non-hydrogen) atoms. The number of likely N-dealkylation sites (N-methyl/N-ethyl adjacent to an activating group) is 1. The summed E-state index contributed by atoms with van der Waals surface area (Å²) in [6, 6.07) is 28.6. The van der Waals surface area contributed by atoms with Crippen molar-refractivity contribution in [3.8, 4) is 28.4 Å². The summed E-state index contributed by atoms with van der Waals surface area (Å²) < 4.78 is 47.4. The maximum Gasteiger partial charge on any atom is 0.293 e. The maximum atomic E-state index is 13.9. The summed E-state index contributed by atoms with van der Waals surface area (Å²) in [6.45, 7) is 4.03. The molecule has 16 heteroatoms. The molecule has 2 saturated heterocycles. The van der Waals surface area contributed by atoms with Gasteiger partial charge in [-0.25, -0.2) is 18.1 Å². The number of aromatic amines is 1. The summed E-state index contributed by atoms with van der Waals surface area (Å²) in [5, 5.41) is 15.9. The number of carbonyl (C=O) groups excluding carboxylic acids is 1. The quantitative estimate of drug-likeness (QED) is 0.0629. The fourth-order valence-electron chi connectivity index (χ4n) is 7.97. The smallest absolute Gasteiger partial charge is 0.293 e. The number of ether oxygens (including phenoxy) is 3. The number of nitro benzene ring substituents is 1. The average Bonchev–Trinajstić information content (AvgIpc) is 3.96. The topological polar surface area (TPSA) is 181 Å². The van der Waals surface area contributed by atoms with Gasteiger partial charge in [0, 0.05) is 61.7 Å². The maximum absolute atomic E-state index is 13.9. The van der Waals surface area contributed by atoms with Crippen molar-refractivity contribution < 1.29 is 32.3 Å². The van der Waals surface area contributed by atoms with Gasteiger partial charge < -0.3 is 34.3 Å². The van der Waals surface area contributed by atoms with E-state index in [1.165, 1.54) is 24.4 Å². The minimum absolute atomic E-state index is 0.0706. The zero-order valence-electron chi connectivity index (χ0n) is 34.6. The third kappa shape index (κ3) is 9.67. The van der Waals surface area contributed by atoms with Crippen molar-refractivity contribution in [3.05, 3.63) is 131 Å². The van der Waals surface area contributed by atoms with Crippen LogP contribution < -0.4 is 24.4 Å². The number of nitro groups is 1. The fraction of sp³-hybridized carbons (Fsp3) is 0.304. The predicted molar refractivity (Wildman–Crippen MR) is 238 cm³/mol. The van der Waals surface area contributed by atoms with Crippen LogP contribution in [-0.2, 0) is 14.8 Å². The van der Waals surface area contributed by atoms with E-state index in [9.17, 15) is 23.3 Å². The van der Waals surface area contributed by atoms with Crippen molar-refractivity contribution in [1.82, 2.24) is 19.6 Å². The number of amides is 1. The molecular formula is C46H49N7O8S. The van der Waals surface area contributed by atoms with E-state index < -0.39 is 31.4 Å². The molecule has 8 rings (SSSR count). The van der Waals surface area contributed by atoms with Crippen molar-refractivity contribution in [2.24, 2.45) is 5.92 Å². The molecular weight excluding hydrogens is 811 g/mol. The minimum atomic E-state index is -4.57. The number of benzene rings is 4. The molecule has 0 bridgehead atoms. The van der Waals surface area contributed by atoms with E-state index in [1.807, 2.05) is 44.4 Å². The van der Waals surface area contributed by atoms with E-state index in [2.05, 4.69) is 54.1 Å². The van der Waals surface area contributed by atoms with Gasteiger partial charge in [0.05, 0.1) is 27.6 Å². The molecule has 2 aliphatic heterocycles. The monoisotopic (exact) mass is 859 g/mol. The molecule has 2 fully saturated rings. The molecule has 0 aliphatic carbocycles. The van der Waals surface area contributed by atoms with E-state index in [-0.39, 0.29) is 29.0 Å². The summed E-state index contributed by atoms with van der Waals surface area (Å²) in [6.07, 6.45) is 6.93. The van der Waals surface area contributed by atoms with Crippen molar-refractivity contribution in [2.75, 3.05) is 63.8 Å². The number of rotatable bonds is 16. The van der Waals surface area contributed by atoms with Crippen molar-refractivity contribution in [2.45, 2.75) is 36.6 Å². The molecule has 1 atom stereocenters. The average molecular weight is 860 g/mol. The summed E-state index contributed by atoms with van der Waals surface area (Å²) >= 11 is 0. The van der Waals surface area contributed by atoms with E-state index in [0.29, 0.717) is 37.8 Å². The standard InChI is InChI=1S/C46H49N7O8S/c1-51(2)22-25-60-43-8-4-3-6-38(43)41-7-5-21-52(41)35-12-9-32(10-13-35)33-11-15-39(44(27-33)61-36-26-34-17-20-47-45(34)49-30-36)46(54)50-62(57,58)37-14-16-40(42(28-37)53(55)56)48-29-31-18-23-59-24-19-31/h3-4,6,8-17,20,26-28,30-31,41,48H,5,7,18-19,21-25,29H2,1-2H3,(H,47,49)(H,50,54). The first-order chi connectivity index (χ1) is 30.0. The Balaban J connectivity index is 1.04. The Bertz CT molecular complexity index is 2660. The van der Waals surface area contributed by atoms with Gasteiger partial charge in [0.2, 0.25) is 0 Å². The summed E-state index contributed by atoms with van der Waals surface area (Å²) in [7, 11) is -0.520. The third-order valence-electron chi connectivity index (χ3n) is 11.3. The van der Waals surface area contributed by atoms with Gasteiger partial charge in [-0.05, 0) is 111 Å². The predicted octanol–water partition coefficient (Wildman–Crippen LogP) is 8.17. The largest absolute Gasteiger partial charge is 0.492 e. The second-order valence-corrected chi connectivity index (χ2v) is 17.5. The van der Waals surface area contributed by atoms with Crippen LogP contribution in [0.1, 0.15) is 47.6 Å². The highest BCUT2D eigenvalue weighted by Crippen LogP contribution is 2.41. The van der Waals surface area contributed by atoms with Gasteiger partial charge in [-0.15, -0.1) is 0 Å². The molecule has 2 aromatic heterocycles. The molecule has 1 unspecified atom stereocenters. The molecule has 15 nitrogen and oxygen atoms in total. The van der Waals surface area contributed by atoms with Gasteiger partial charge in [0.1, 0.15) is 35.2 Å². The second kappa shape index (κ2) is 18.6. The number of carbonyl (C=O) groups is 1. The number of anilines is 2. The van der Waals surface area contributed by atoms with Gasteiger partial charge in [-0.2, -0.15) is 0 Å². The molecule has 0 saturated carbocycles. The first kappa shape index (κ1) is 42.2. The molecule has 6 aromatic rings. The number of para-hydroxylation sites is 1. The van der Waals surface area contributed by atoms with E-state index in [4.69, 9.17) is 14.2 Å². The first-order valence-corrected chi connectivity index (χ1v) is 22.2. The molecule has 0 radical (unpaired) electrons. The molecule has 4 heterocycles. The number of hydrogen-bond donors (Lipinski definition) is 3. The van der Waals surface area contributed by atoms with Crippen LogP contribution in [0.3, 0.4) is 0 Å². The summed E-state index contributed by atoms with van der Waals surface area (Å²) in [4.78, 5) is 36.9. The number of fused-ring (bicyclic) bond motifs is 1. The van der Waals surface area contributed by atoms with Gasteiger partial charge in [-0.3, -0.25) is 14.9 Å². The number of aromatic nitrogens is 2. The lowest BCUT2D eigenvalue weighted by atomic mass is 10.0. The minimum Gasteiger partial charge on any atom is -0.492 e. The van der Waals surface area contributed by atoms with E-state index in [1.54, 1.807) is 24.4 Å². The van der Waals surface area contributed by atoms with Crippen LogP contribution in [0.5, 0.6) is 17.2 Å². The first-order valence-electron chi connectivity index (χ1n) is 20.7. The van der Waals surface area contributed by atoms with Gasteiger partial charge in [0.25, 0.3) is 21.6 Å². The molecule has 0 spiro atoms. The Hall–Kier alpha value is -6.49. The zero-order chi connectivity index (χ0) is 43.2. The van der Waals surface area contributed by atoms with E-state index >= 15 is 0 Å². The molecule has 2 aliphatic rings. The van der Waals surface area contributed by atoms with Crippen LogP contribution >= 0.6 is 0 Å². The number of nitrogens with one attached hydrogen (secondary N) is 3. The highest BCUT2D eigenvalue weighted by molar-refractivity contribution is 7.90. The third-order valence-corrected chi connectivity index (χ3v) is 12.6. The van der Waals surface area contributed by atoms with Crippen LogP contribution in [0.4, 0.5) is 17.1 Å². The van der Waals surface area contributed by atoms with Crippen LogP contribution in [0.15, 0.2) is 114 Å². The van der Waals surface area contributed by atoms with E-state index in [0.717, 1.165) is 78.4 Å². The molecule has 1 amide bonds. The number of pyridine rings is 1. The SMILES string of the molecule is CN(C)CCOc1ccccc1C1CCCN1c1ccc(-c2ccc(C(=O)NS(=O)(=O)c3ccc(NCC4CCOCC4)c([N+](=O)[O-])c3)c(Oc3cnc4[nH]ccc4c3)c2)cc1. The van der Waals surface area contributed by atoms with Gasteiger partial charge in [0.15, 0.2) is 0 Å². The van der Waals surface area contributed by atoms with Crippen LogP contribution in [0.2, 0.25) is 0 Å². The van der Waals surface area contributed by atoms with Crippen molar-refractivity contribution >= 4 is 44.0 Å². The highest BCUT2D eigenvalue weighted by Gasteiger charge is 2.30. The van der Waals surface area contributed by atoms with Crippen LogP contribution in [-0.4, -0.2) is 87.7 Å². The van der Waals surface area contributed by atoms with Crippen LogP contribution in [0, 0.1) is 16.0 Å². The Kier molecular flexibility index (Phi) is 12.7. The summed E-state index contributed by atoms with van der Waals surface area (Å²) in [5.41, 5.74) is 4.13. The van der Waals surface area contributed by atoms with Gasteiger partial charge >= 0.3 is 0 Å². The number of nitrogens with zero attached hydrogens (tertiary/aromatic N) is 4. The van der Waals surface area contributed by atoms with Crippen molar-refractivity contribution in [3.63, 3.8) is 0 Å². The van der Waals surface area contributed by atoms with Crippen molar-refractivity contribution in [1.29, 1.82) is 0 Å². The molecule has 3 N–H and O–H groups in total. The van der Waals surface area contributed by atoms with Crippen LogP contribution in [0.25, 0.3) is 22.2 Å². The number of sulfonamides is 1. The lowest BCUT2D eigenvalue weighted by molar-refractivity contribution is -0.384. The highest BCUT2D eigenvalue weighted by atomic mass is 32.2.